The lowest BCUT2D eigenvalue weighted by Crippen LogP contribution is -2.16. The predicted octanol–water partition coefficient (Wildman–Crippen LogP) is 5.32. The molecular weight excluding hydrogens is 358 g/mol. The van der Waals surface area contributed by atoms with E-state index in [1.165, 1.54) is 16.3 Å². The number of fused-ring (bicyclic) bond motifs is 1. The van der Waals surface area contributed by atoms with Crippen LogP contribution in [-0.2, 0) is 13.2 Å². The van der Waals surface area contributed by atoms with Crippen LogP contribution in [0.5, 0.6) is 5.75 Å². The summed E-state index contributed by atoms with van der Waals surface area (Å²) >= 11 is 5.96. The van der Waals surface area contributed by atoms with Gasteiger partial charge in [0.2, 0.25) is 0 Å². The Bertz CT molecular complexity index is 849. The minimum Gasteiger partial charge on any atom is -0.489 e. The number of unbranched alkanes of at least 4 members (excludes halogenated alkanes) is 2. The van der Waals surface area contributed by atoms with Crippen LogP contribution in [0.2, 0.25) is 5.02 Å². The Labute approximate surface area is 165 Å². The second kappa shape index (κ2) is 10.3. The summed E-state index contributed by atoms with van der Waals surface area (Å²) in [4.78, 5) is 0. The van der Waals surface area contributed by atoms with E-state index in [1.807, 2.05) is 24.3 Å². The highest BCUT2D eigenvalue weighted by molar-refractivity contribution is 6.30. The molecule has 0 unspecified atom stereocenters. The number of hydrogen-bond donors (Lipinski definition) is 2. The van der Waals surface area contributed by atoms with Crippen LogP contribution in [0.3, 0.4) is 0 Å². The van der Waals surface area contributed by atoms with E-state index in [9.17, 15) is 0 Å². The molecule has 0 bridgehead atoms. The Balaban J connectivity index is 1.71. The van der Waals surface area contributed by atoms with Crippen molar-refractivity contribution in [1.82, 2.24) is 5.32 Å². The van der Waals surface area contributed by atoms with Crippen molar-refractivity contribution in [3.05, 3.63) is 76.8 Å². The van der Waals surface area contributed by atoms with E-state index in [1.54, 1.807) is 0 Å². The van der Waals surface area contributed by atoms with E-state index in [0.29, 0.717) is 6.61 Å². The molecule has 3 rings (SSSR count). The summed E-state index contributed by atoms with van der Waals surface area (Å²) in [5.74, 6) is 0.909. The molecule has 4 heteroatoms. The lowest BCUT2D eigenvalue weighted by molar-refractivity contribution is 0.282. The van der Waals surface area contributed by atoms with Gasteiger partial charge in [-0.1, -0.05) is 54.1 Å². The Morgan fingerprint density at radius 1 is 0.889 bits per heavy atom. The molecule has 27 heavy (non-hydrogen) atoms. The molecule has 3 aromatic carbocycles. The highest BCUT2D eigenvalue weighted by atomic mass is 35.5. The van der Waals surface area contributed by atoms with Crippen molar-refractivity contribution in [2.75, 3.05) is 13.2 Å². The topological polar surface area (TPSA) is 41.5 Å². The molecule has 0 aliphatic rings. The minimum absolute atomic E-state index is 0.270. The van der Waals surface area contributed by atoms with Gasteiger partial charge in [0.05, 0.1) is 0 Å². The van der Waals surface area contributed by atoms with Gasteiger partial charge >= 0.3 is 0 Å². The average Bonchev–Trinajstić information content (AvgIpc) is 2.70. The van der Waals surface area contributed by atoms with Crippen molar-refractivity contribution in [3.63, 3.8) is 0 Å². The van der Waals surface area contributed by atoms with Crippen LogP contribution >= 0.6 is 11.6 Å². The molecule has 3 nitrogen and oxygen atoms in total. The standard InChI is InChI=1S/C23H26ClNO2/c24-20-11-8-18(9-12-20)17-27-23-13-10-19-6-2-3-7-21(19)22(23)16-25-14-4-1-5-15-26/h2-3,6-13,25-26H,1,4-5,14-17H2. The number of aliphatic hydroxyl groups excluding tert-OH is 1. The highest BCUT2D eigenvalue weighted by Crippen LogP contribution is 2.29. The van der Waals surface area contributed by atoms with Gasteiger partial charge in [-0.3, -0.25) is 0 Å². The second-order valence-electron chi connectivity index (χ2n) is 6.64. The van der Waals surface area contributed by atoms with Crippen molar-refractivity contribution in [3.8, 4) is 5.75 Å². The predicted molar refractivity (Wildman–Crippen MR) is 112 cm³/mol. The van der Waals surface area contributed by atoms with E-state index in [4.69, 9.17) is 21.4 Å². The third-order valence-electron chi connectivity index (χ3n) is 4.62. The normalized spacial score (nSPS) is 11.0. The number of hydrogen-bond acceptors (Lipinski definition) is 3. The van der Waals surface area contributed by atoms with Gasteiger partial charge < -0.3 is 15.2 Å². The molecule has 0 fully saturated rings. The summed E-state index contributed by atoms with van der Waals surface area (Å²) in [6.07, 6.45) is 2.97. The molecular formula is C23H26ClNO2. The number of nitrogens with one attached hydrogen (secondary N) is 1. The molecule has 0 radical (unpaired) electrons. The average molecular weight is 384 g/mol. The van der Waals surface area contributed by atoms with Crippen LogP contribution in [-0.4, -0.2) is 18.3 Å². The van der Waals surface area contributed by atoms with Crippen LogP contribution < -0.4 is 10.1 Å². The minimum atomic E-state index is 0.270. The Hall–Kier alpha value is -2.07. The molecule has 0 saturated heterocycles. The first-order chi connectivity index (χ1) is 13.3. The van der Waals surface area contributed by atoms with Crippen molar-refractivity contribution in [2.45, 2.75) is 32.4 Å². The van der Waals surface area contributed by atoms with Crippen LogP contribution in [0.15, 0.2) is 60.7 Å². The number of rotatable bonds is 10. The summed E-state index contributed by atoms with van der Waals surface area (Å²) < 4.78 is 6.15. The fourth-order valence-corrected chi connectivity index (χ4v) is 3.25. The first-order valence-electron chi connectivity index (χ1n) is 9.47. The van der Waals surface area contributed by atoms with E-state index in [2.05, 4.69) is 41.7 Å². The molecule has 2 N–H and O–H groups in total. The third kappa shape index (κ3) is 5.70. The van der Waals surface area contributed by atoms with Crippen molar-refractivity contribution < 1.29 is 9.84 Å². The molecule has 0 aromatic heterocycles. The first kappa shape index (κ1) is 19.7. The zero-order valence-corrected chi connectivity index (χ0v) is 16.2. The fraction of sp³-hybridized carbons (Fsp3) is 0.304. The molecule has 0 heterocycles. The smallest absolute Gasteiger partial charge is 0.124 e. The molecule has 0 aliphatic heterocycles. The zero-order valence-electron chi connectivity index (χ0n) is 15.5. The van der Waals surface area contributed by atoms with E-state index in [0.717, 1.165) is 48.7 Å². The van der Waals surface area contributed by atoms with E-state index >= 15 is 0 Å². The largest absolute Gasteiger partial charge is 0.489 e. The van der Waals surface area contributed by atoms with Crippen molar-refractivity contribution in [2.24, 2.45) is 0 Å². The van der Waals surface area contributed by atoms with Crippen LogP contribution in [0.4, 0.5) is 0 Å². The molecule has 3 aromatic rings. The lowest BCUT2D eigenvalue weighted by Gasteiger charge is -2.15. The molecule has 0 amide bonds. The SMILES string of the molecule is OCCCCCNCc1c(OCc2ccc(Cl)cc2)ccc2ccccc12. The van der Waals surface area contributed by atoms with Gasteiger partial charge in [0.25, 0.3) is 0 Å². The second-order valence-corrected chi connectivity index (χ2v) is 7.08. The lowest BCUT2D eigenvalue weighted by atomic mass is 10.0. The number of halogens is 1. The maximum atomic E-state index is 8.88. The number of aliphatic hydroxyl groups is 1. The van der Waals surface area contributed by atoms with Gasteiger partial charge in [-0.05, 0) is 60.3 Å². The highest BCUT2D eigenvalue weighted by Gasteiger charge is 2.09. The van der Waals surface area contributed by atoms with Gasteiger partial charge in [0.15, 0.2) is 0 Å². The van der Waals surface area contributed by atoms with Gasteiger partial charge in [0, 0.05) is 23.7 Å². The molecule has 0 spiro atoms. The van der Waals surface area contributed by atoms with Gasteiger partial charge in [-0.2, -0.15) is 0 Å². The fourth-order valence-electron chi connectivity index (χ4n) is 3.13. The maximum absolute atomic E-state index is 8.88. The van der Waals surface area contributed by atoms with Gasteiger partial charge in [0.1, 0.15) is 12.4 Å². The molecule has 142 valence electrons. The third-order valence-corrected chi connectivity index (χ3v) is 4.87. The number of ether oxygens (including phenoxy) is 1. The summed E-state index contributed by atoms with van der Waals surface area (Å²) in [6.45, 7) is 2.47. The summed E-state index contributed by atoms with van der Waals surface area (Å²) in [5.41, 5.74) is 2.28. The van der Waals surface area contributed by atoms with Crippen LogP contribution in [0.25, 0.3) is 10.8 Å². The van der Waals surface area contributed by atoms with E-state index < -0.39 is 0 Å². The number of benzene rings is 3. The zero-order chi connectivity index (χ0) is 18.9. The van der Waals surface area contributed by atoms with Gasteiger partial charge in [-0.25, -0.2) is 0 Å². The Morgan fingerprint density at radius 3 is 2.52 bits per heavy atom. The van der Waals surface area contributed by atoms with Crippen molar-refractivity contribution in [1.29, 1.82) is 0 Å². The molecule has 0 aliphatic carbocycles. The van der Waals surface area contributed by atoms with Gasteiger partial charge in [-0.15, -0.1) is 0 Å². The summed E-state index contributed by atoms with van der Waals surface area (Å²) in [5, 5.41) is 15.6. The van der Waals surface area contributed by atoms with Crippen LogP contribution in [0.1, 0.15) is 30.4 Å². The maximum Gasteiger partial charge on any atom is 0.124 e. The van der Waals surface area contributed by atoms with Crippen LogP contribution in [0, 0.1) is 0 Å². The quantitative estimate of drug-likeness (QED) is 0.465. The summed E-state index contributed by atoms with van der Waals surface area (Å²) in [6, 6.07) is 20.3. The first-order valence-corrected chi connectivity index (χ1v) is 9.85. The molecule has 0 saturated carbocycles. The Morgan fingerprint density at radius 2 is 1.70 bits per heavy atom. The summed E-state index contributed by atoms with van der Waals surface area (Å²) in [7, 11) is 0. The molecule has 0 atom stereocenters. The Kier molecular flexibility index (Phi) is 7.52. The van der Waals surface area contributed by atoms with Crippen molar-refractivity contribution >= 4 is 22.4 Å². The van der Waals surface area contributed by atoms with E-state index in [-0.39, 0.29) is 6.61 Å². The monoisotopic (exact) mass is 383 g/mol.